The first-order valence-corrected chi connectivity index (χ1v) is 9.45. The van der Waals surface area contributed by atoms with Gasteiger partial charge in [0.05, 0.1) is 4.90 Å². The van der Waals surface area contributed by atoms with E-state index < -0.39 is 10.0 Å². The zero-order valence-electron chi connectivity index (χ0n) is 14.9. The van der Waals surface area contributed by atoms with Gasteiger partial charge in [0.1, 0.15) is 0 Å². The predicted octanol–water partition coefficient (Wildman–Crippen LogP) is 2.93. The van der Waals surface area contributed by atoms with Gasteiger partial charge >= 0.3 is 0 Å². The summed E-state index contributed by atoms with van der Waals surface area (Å²) in [6, 6.07) is 2.22. The van der Waals surface area contributed by atoms with Crippen LogP contribution >= 0.6 is 0 Å². The van der Waals surface area contributed by atoms with Gasteiger partial charge in [0.25, 0.3) is 0 Å². The van der Waals surface area contributed by atoms with Gasteiger partial charge in [-0.05, 0) is 70.0 Å². The molecule has 126 valence electrons. The van der Waals surface area contributed by atoms with Crippen LogP contribution < -0.4 is 4.72 Å². The van der Waals surface area contributed by atoms with Crippen LogP contribution in [0.2, 0.25) is 0 Å². The number of hydrogen-bond donors (Lipinski definition) is 1. The molecule has 22 heavy (non-hydrogen) atoms. The number of nitrogens with one attached hydrogen (secondary N) is 1. The van der Waals surface area contributed by atoms with Crippen LogP contribution in [0.3, 0.4) is 0 Å². The molecule has 0 spiro atoms. The SMILES string of the molecule is CCN(CC)C(C)CNS(=O)(=O)c1c(C)c(C)cc(C)c1C. The third-order valence-corrected chi connectivity index (χ3v) is 6.27. The highest BCUT2D eigenvalue weighted by Gasteiger charge is 2.23. The normalized spacial score (nSPS) is 13.6. The Labute approximate surface area is 136 Å². The van der Waals surface area contributed by atoms with E-state index in [-0.39, 0.29) is 6.04 Å². The summed E-state index contributed by atoms with van der Waals surface area (Å²) in [4.78, 5) is 2.68. The topological polar surface area (TPSA) is 49.4 Å². The largest absolute Gasteiger partial charge is 0.300 e. The van der Waals surface area contributed by atoms with E-state index in [4.69, 9.17) is 0 Å². The first-order valence-electron chi connectivity index (χ1n) is 7.96. The minimum Gasteiger partial charge on any atom is -0.300 e. The molecule has 0 bridgehead atoms. The van der Waals surface area contributed by atoms with E-state index in [1.807, 2.05) is 33.8 Å². The number of nitrogens with zero attached hydrogens (tertiary/aromatic N) is 1. The lowest BCUT2D eigenvalue weighted by Crippen LogP contribution is -2.42. The summed E-state index contributed by atoms with van der Waals surface area (Å²) in [6.45, 7) is 16.2. The van der Waals surface area contributed by atoms with Crippen LogP contribution in [0.15, 0.2) is 11.0 Å². The molecule has 0 amide bonds. The zero-order chi connectivity index (χ0) is 17.1. The number of likely N-dealkylation sites (N-methyl/N-ethyl adjacent to an activating group) is 1. The molecule has 0 radical (unpaired) electrons. The molecule has 0 aliphatic heterocycles. The molecular formula is C17H30N2O2S. The van der Waals surface area contributed by atoms with Gasteiger partial charge in [0.15, 0.2) is 0 Å². The maximum atomic E-state index is 12.8. The Morgan fingerprint density at radius 3 is 1.91 bits per heavy atom. The first kappa shape index (κ1) is 19.1. The highest BCUT2D eigenvalue weighted by molar-refractivity contribution is 7.89. The van der Waals surface area contributed by atoms with Crippen molar-refractivity contribution >= 4 is 10.0 Å². The Bertz CT molecular complexity index is 594. The second-order valence-electron chi connectivity index (χ2n) is 6.01. The van der Waals surface area contributed by atoms with Crippen LogP contribution in [0.1, 0.15) is 43.0 Å². The maximum Gasteiger partial charge on any atom is 0.241 e. The van der Waals surface area contributed by atoms with E-state index in [9.17, 15) is 8.42 Å². The van der Waals surface area contributed by atoms with Crippen molar-refractivity contribution in [3.8, 4) is 0 Å². The smallest absolute Gasteiger partial charge is 0.241 e. The third kappa shape index (κ3) is 4.09. The highest BCUT2D eigenvalue weighted by atomic mass is 32.2. The fraction of sp³-hybridized carbons (Fsp3) is 0.647. The van der Waals surface area contributed by atoms with Crippen molar-refractivity contribution < 1.29 is 8.42 Å². The molecule has 1 N–H and O–H groups in total. The van der Waals surface area contributed by atoms with Crippen molar-refractivity contribution in [1.82, 2.24) is 9.62 Å². The van der Waals surface area contributed by atoms with Crippen molar-refractivity contribution in [3.63, 3.8) is 0 Å². The van der Waals surface area contributed by atoms with Gasteiger partial charge in [-0.1, -0.05) is 19.9 Å². The Balaban J connectivity index is 3.07. The Morgan fingerprint density at radius 1 is 1.05 bits per heavy atom. The maximum absolute atomic E-state index is 12.8. The quantitative estimate of drug-likeness (QED) is 0.838. The van der Waals surface area contributed by atoms with E-state index in [1.54, 1.807) is 0 Å². The molecule has 5 heteroatoms. The molecule has 0 aliphatic rings. The summed E-state index contributed by atoms with van der Waals surface area (Å²) in [7, 11) is -3.49. The minimum absolute atomic E-state index is 0.177. The van der Waals surface area contributed by atoms with Crippen LogP contribution in [0, 0.1) is 27.7 Å². The van der Waals surface area contributed by atoms with Crippen LogP contribution in [0.4, 0.5) is 0 Å². The van der Waals surface area contributed by atoms with E-state index >= 15 is 0 Å². The van der Waals surface area contributed by atoms with Crippen molar-refractivity contribution in [1.29, 1.82) is 0 Å². The number of sulfonamides is 1. The Kier molecular flexibility index (Phi) is 6.59. The highest BCUT2D eigenvalue weighted by Crippen LogP contribution is 2.25. The van der Waals surface area contributed by atoms with E-state index in [0.29, 0.717) is 11.4 Å². The molecule has 0 aromatic heterocycles. The van der Waals surface area contributed by atoms with Crippen LogP contribution in [0.25, 0.3) is 0 Å². The molecular weight excluding hydrogens is 296 g/mol. The van der Waals surface area contributed by atoms with E-state index in [2.05, 4.69) is 30.4 Å². The van der Waals surface area contributed by atoms with Crippen molar-refractivity contribution in [2.45, 2.75) is 59.4 Å². The Hall–Kier alpha value is -0.910. The standard InChI is InChI=1S/C17H30N2O2S/c1-8-19(9-2)14(5)11-18-22(20,21)17-15(6)12(3)10-13(4)16(17)7/h10,14,18H,8-9,11H2,1-7H3. The molecule has 1 aromatic rings. The lowest BCUT2D eigenvalue weighted by Gasteiger charge is -2.26. The lowest BCUT2D eigenvalue weighted by atomic mass is 10.0. The Morgan fingerprint density at radius 2 is 1.50 bits per heavy atom. The molecule has 1 aromatic carbocycles. The average Bonchev–Trinajstić information content (AvgIpc) is 2.44. The molecule has 0 fully saturated rings. The molecule has 1 rings (SSSR count). The summed E-state index contributed by atoms with van der Waals surface area (Å²) in [5, 5.41) is 0. The average molecular weight is 327 g/mol. The predicted molar refractivity (Wildman–Crippen MR) is 93.0 cm³/mol. The van der Waals surface area contributed by atoms with Crippen LogP contribution in [-0.4, -0.2) is 39.0 Å². The monoisotopic (exact) mass is 326 g/mol. The van der Waals surface area contributed by atoms with E-state index in [0.717, 1.165) is 35.3 Å². The second-order valence-corrected chi connectivity index (χ2v) is 7.72. The molecule has 0 saturated carbocycles. The van der Waals surface area contributed by atoms with Crippen molar-refractivity contribution in [2.75, 3.05) is 19.6 Å². The number of benzene rings is 1. The molecule has 0 aliphatic carbocycles. The minimum atomic E-state index is -3.49. The fourth-order valence-electron chi connectivity index (χ4n) is 2.86. The third-order valence-electron chi connectivity index (χ3n) is 4.57. The van der Waals surface area contributed by atoms with Gasteiger partial charge in [0, 0.05) is 12.6 Å². The fourth-order valence-corrected chi connectivity index (χ4v) is 4.60. The lowest BCUT2D eigenvalue weighted by molar-refractivity contribution is 0.232. The van der Waals surface area contributed by atoms with E-state index in [1.165, 1.54) is 0 Å². The molecule has 1 atom stereocenters. The summed E-state index contributed by atoms with van der Waals surface area (Å²) in [5.74, 6) is 0. The van der Waals surface area contributed by atoms with Crippen LogP contribution in [-0.2, 0) is 10.0 Å². The van der Waals surface area contributed by atoms with Crippen molar-refractivity contribution in [2.24, 2.45) is 0 Å². The number of rotatable bonds is 7. The van der Waals surface area contributed by atoms with Gasteiger partial charge in [-0.3, -0.25) is 4.90 Å². The summed E-state index contributed by atoms with van der Waals surface area (Å²) < 4.78 is 28.3. The van der Waals surface area contributed by atoms with Gasteiger partial charge in [0.2, 0.25) is 10.0 Å². The number of hydrogen-bond acceptors (Lipinski definition) is 3. The van der Waals surface area contributed by atoms with Crippen LogP contribution in [0.5, 0.6) is 0 Å². The summed E-state index contributed by atoms with van der Waals surface area (Å²) >= 11 is 0. The molecule has 4 nitrogen and oxygen atoms in total. The van der Waals surface area contributed by atoms with Gasteiger partial charge in [-0.15, -0.1) is 0 Å². The van der Waals surface area contributed by atoms with Gasteiger partial charge < -0.3 is 0 Å². The van der Waals surface area contributed by atoms with Gasteiger partial charge in [-0.25, -0.2) is 13.1 Å². The molecule has 1 unspecified atom stereocenters. The molecule has 0 heterocycles. The van der Waals surface area contributed by atoms with Gasteiger partial charge in [-0.2, -0.15) is 0 Å². The zero-order valence-corrected chi connectivity index (χ0v) is 15.8. The first-order chi connectivity index (χ1) is 10.2. The number of aryl methyl sites for hydroxylation is 2. The second kappa shape index (κ2) is 7.57. The molecule has 0 saturated heterocycles. The summed E-state index contributed by atoms with van der Waals surface area (Å²) in [6.07, 6.45) is 0. The van der Waals surface area contributed by atoms with Crippen molar-refractivity contribution in [3.05, 3.63) is 28.3 Å². The summed E-state index contributed by atoms with van der Waals surface area (Å²) in [5.41, 5.74) is 3.71.